The number of halogens is 3. The molecule has 0 radical (unpaired) electrons. The number of benzene rings is 2. The molecule has 284 valence electrons. The number of aromatic nitrogens is 3. The number of ether oxygens (including phenoxy) is 3. The highest BCUT2D eigenvalue weighted by Crippen LogP contribution is 2.44. The Morgan fingerprint density at radius 3 is 2.26 bits per heavy atom. The van der Waals surface area contributed by atoms with Crippen LogP contribution >= 0.6 is 22.9 Å². The zero-order valence-corrected chi connectivity index (χ0v) is 32.4. The van der Waals surface area contributed by atoms with Gasteiger partial charge >= 0.3 is 18.2 Å². The average Bonchev–Trinajstić information content (AvgIpc) is 3.58. The Hall–Kier alpha value is -4.57. The maximum atomic E-state index is 17.0. The van der Waals surface area contributed by atoms with Crippen LogP contribution in [0.5, 0.6) is 6.01 Å². The molecule has 2 aliphatic rings. The lowest BCUT2D eigenvalue weighted by Gasteiger charge is -2.42. The number of nitrogens with zero attached hydrogens (tertiary/aromatic N) is 6. The second-order valence-electron chi connectivity index (χ2n) is 15.3. The Morgan fingerprint density at radius 1 is 0.981 bits per heavy atom. The third-order valence-corrected chi connectivity index (χ3v) is 9.92. The van der Waals surface area contributed by atoms with Gasteiger partial charge < -0.3 is 24.0 Å². The molecule has 17 heteroatoms. The first-order valence-electron chi connectivity index (χ1n) is 17.2. The van der Waals surface area contributed by atoms with Gasteiger partial charge in [0.05, 0.1) is 33.7 Å². The van der Waals surface area contributed by atoms with Crippen LogP contribution in [0.2, 0.25) is 5.02 Å². The summed E-state index contributed by atoms with van der Waals surface area (Å²) >= 11 is 7.74. The Bertz CT molecular complexity index is 2090. The van der Waals surface area contributed by atoms with E-state index >= 15 is 8.78 Å². The molecule has 4 aromatic rings. The fraction of sp³-hybridized carbons (Fsp3) is 0.500. The molecule has 2 unspecified atom stereocenters. The average molecular weight is 774 g/mol. The number of rotatable bonds is 7. The van der Waals surface area contributed by atoms with E-state index in [1.807, 2.05) is 25.7 Å². The van der Waals surface area contributed by atoms with E-state index in [4.69, 9.17) is 25.8 Å². The number of carbonyl (C=O) groups is 3. The molecule has 0 spiro atoms. The highest BCUT2D eigenvalue weighted by atomic mass is 35.5. The Labute approximate surface area is 314 Å². The summed E-state index contributed by atoms with van der Waals surface area (Å²) in [5, 5.41) is 2.85. The molecule has 4 heterocycles. The molecule has 2 aromatic carbocycles. The summed E-state index contributed by atoms with van der Waals surface area (Å²) in [5.41, 5.74) is -1.41. The van der Waals surface area contributed by atoms with Gasteiger partial charge in [0.1, 0.15) is 35.0 Å². The molecule has 2 aliphatic heterocycles. The van der Waals surface area contributed by atoms with Gasteiger partial charge in [0.25, 0.3) is 0 Å². The van der Waals surface area contributed by atoms with Gasteiger partial charge in [-0.15, -0.1) is 0 Å². The van der Waals surface area contributed by atoms with Gasteiger partial charge in [-0.05, 0) is 72.6 Å². The van der Waals surface area contributed by atoms with Crippen molar-refractivity contribution in [2.24, 2.45) is 0 Å². The molecule has 6 rings (SSSR count). The molecule has 1 N–H and O–H groups in total. The SMILES string of the molecule is CN(C)C(=O)CCOc1nc(N2CC3CCC(C2)N3C(=O)OC(C)(C)C)c2cc(Cl)c(-c3ccc(F)c4sc(NC(=O)OC(C)(C)C)nc34)c(F)c2n1. The van der Waals surface area contributed by atoms with E-state index in [2.05, 4.69) is 20.3 Å². The highest BCUT2D eigenvalue weighted by molar-refractivity contribution is 7.22. The first-order chi connectivity index (χ1) is 24.8. The lowest BCUT2D eigenvalue weighted by atomic mass is 10.0. The molecule has 3 amide bonds. The standard InChI is InChI=1S/C36H42ClF2N7O6S/c1-35(2,3)51-33(48)43-32-41-28-20(11-12-23(38)29(28)53-32)25-22(37)15-21-27(26(25)39)40-31(50-14-13-24(47)44(7)8)42-30(21)45-16-18-9-10-19(17-45)46(18)34(49)52-36(4,5)6/h11-12,15,18-19H,9-10,13-14,16-17H2,1-8H3,(H,41,43,48). The van der Waals surface area contributed by atoms with Crippen molar-refractivity contribution in [3.8, 4) is 17.1 Å². The maximum absolute atomic E-state index is 17.0. The largest absolute Gasteiger partial charge is 0.463 e. The fourth-order valence-corrected chi connectivity index (χ4v) is 7.65. The molecule has 53 heavy (non-hydrogen) atoms. The third kappa shape index (κ3) is 8.17. The molecule has 0 saturated carbocycles. The number of anilines is 2. The minimum atomic E-state index is -0.830. The summed E-state index contributed by atoms with van der Waals surface area (Å²) in [7, 11) is 3.26. The minimum Gasteiger partial charge on any atom is -0.463 e. The predicted molar refractivity (Wildman–Crippen MR) is 199 cm³/mol. The molecule has 2 saturated heterocycles. The van der Waals surface area contributed by atoms with Crippen molar-refractivity contribution in [2.75, 3.05) is 44.0 Å². The third-order valence-electron chi connectivity index (χ3n) is 8.65. The zero-order valence-electron chi connectivity index (χ0n) is 30.8. The summed E-state index contributed by atoms with van der Waals surface area (Å²) in [4.78, 5) is 56.7. The van der Waals surface area contributed by atoms with Crippen LogP contribution in [0.15, 0.2) is 18.2 Å². The van der Waals surface area contributed by atoms with Crippen molar-refractivity contribution in [2.45, 2.75) is 84.1 Å². The van der Waals surface area contributed by atoms with Gasteiger partial charge in [-0.3, -0.25) is 15.0 Å². The molecule has 0 aliphatic carbocycles. The van der Waals surface area contributed by atoms with Crippen molar-refractivity contribution in [1.82, 2.24) is 24.8 Å². The Kier molecular flexibility index (Phi) is 10.3. The number of amides is 3. The van der Waals surface area contributed by atoms with Crippen LogP contribution in [0.4, 0.5) is 29.3 Å². The number of fused-ring (bicyclic) bond motifs is 4. The van der Waals surface area contributed by atoms with E-state index in [1.165, 1.54) is 17.0 Å². The molecule has 2 atom stereocenters. The Balaban J connectivity index is 1.42. The number of hydrogen-bond acceptors (Lipinski definition) is 11. The van der Waals surface area contributed by atoms with E-state index in [0.717, 1.165) is 24.2 Å². The monoisotopic (exact) mass is 773 g/mol. The minimum absolute atomic E-state index is 0.0111. The molecular formula is C36H42ClF2N7O6S. The summed E-state index contributed by atoms with van der Waals surface area (Å²) in [5.74, 6) is -1.28. The summed E-state index contributed by atoms with van der Waals surface area (Å²) in [6, 6.07) is 3.56. The van der Waals surface area contributed by atoms with E-state index in [-0.39, 0.29) is 80.1 Å². The predicted octanol–water partition coefficient (Wildman–Crippen LogP) is 7.63. The van der Waals surface area contributed by atoms with Gasteiger partial charge in [-0.25, -0.2) is 23.4 Å². The lowest BCUT2D eigenvalue weighted by molar-refractivity contribution is -0.129. The van der Waals surface area contributed by atoms with Crippen LogP contribution in [0.25, 0.3) is 32.2 Å². The van der Waals surface area contributed by atoms with Crippen LogP contribution in [-0.4, -0.2) is 99.9 Å². The molecule has 13 nitrogen and oxygen atoms in total. The number of thiazole rings is 1. The fourth-order valence-electron chi connectivity index (χ4n) is 6.48. The van der Waals surface area contributed by atoms with E-state index < -0.39 is 28.9 Å². The van der Waals surface area contributed by atoms with Crippen LogP contribution in [0.3, 0.4) is 0 Å². The molecule has 2 bridgehead atoms. The molecule has 2 aromatic heterocycles. The molecule has 2 fully saturated rings. The summed E-state index contributed by atoms with van der Waals surface area (Å²) in [6.07, 6.45) is 0.365. The number of hydrogen-bond donors (Lipinski definition) is 1. The second kappa shape index (κ2) is 14.3. The summed E-state index contributed by atoms with van der Waals surface area (Å²) in [6.45, 7) is 11.3. The first-order valence-corrected chi connectivity index (χ1v) is 18.4. The van der Waals surface area contributed by atoms with Crippen molar-refractivity contribution < 1.29 is 37.4 Å². The Morgan fingerprint density at radius 2 is 1.64 bits per heavy atom. The van der Waals surface area contributed by atoms with Crippen LogP contribution in [-0.2, 0) is 14.3 Å². The van der Waals surface area contributed by atoms with Gasteiger partial charge in [0.15, 0.2) is 10.9 Å². The normalized spacial score (nSPS) is 17.3. The number of piperazine rings is 1. The molecular weight excluding hydrogens is 732 g/mol. The van der Waals surface area contributed by atoms with Gasteiger partial charge in [0.2, 0.25) is 5.91 Å². The zero-order chi connectivity index (χ0) is 38.6. The number of nitrogens with one attached hydrogen (secondary N) is 1. The maximum Gasteiger partial charge on any atom is 0.413 e. The van der Waals surface area contributed by atoms with Gasteiger partial charge in [-0.1, -0.05) is 22.9 Å². The van der Waals surface area contributed by atoms with Gasteiger partial charge in [0, 0.05) is 43.7 Å². The van der Waals surface area contributed by atoms with Crippen molar-refractivity contribution >= 4 is 73.1 Å². The van der Waals surface area contributed by atoms with Crippen LogP contribution < -0.4 is 15.0 Å². The van der Waals surface area contributed by atoms with Gasteiger partial charge in [-0.2, -0.15) is 9.97 Å². The van der Waals surface area contributed by atoms with Crippen molar-refractivity contribution in [3.05, 3.63) is 34.9 Å². The first kappa shape index (κ1) is 38.2. The summed E-state index contributed by atoms with van der Waals surface area (Å²) < 4.78 is 49.1. The highest BCUT2D eigenvalue weighted by Gasteiger charge is 2.45. The van der Waals surface area contributed by atoms with Crippen LogP contribution in [0, 0.1) is 11.6 Å². The van der Waals surface area contributed by atoms with Crippen molar-refractivity contribution in [3.63, 3.8) is 0 Å². The van der Waals surface area contributed by atoms with Crippen molar-refractivity contribution in [1.29, 1.82) is 0 Å². The van der Waals surface area contributed by atoms with Crippen LogP contribution in [0.1, 0.15) is 60.8 Å². The lowest BCUT2D eigenvalue weighted by Crippen LogP contribution is -2.57. The topological polar surface area (TPSA) is 139 Å². The van der Waals surface area contributed by atoms with E-state index in [1.54, 1.807) is 45.8 Å². The smallest absolute Gasteiger partial charge is 0.413 e. The van der Waals surface area contributed by atoms with E-state index in [0.29, 0.717) is 24.3 Å². The number of carbonyl (C=O) groups excluding carboxylic acids is 3. The second-order valence-corrected chi connectivity index (χ2v) is 16.7. The van der Waals surface area contributed by atoms with E-state index in [9.17, 15) is 14.4 Å². The quantitative estimate of drug-likeness (QED) is 0.199.